The number of carbonyl (C=O) groups excluding carboxylic acids is 2. The topological polar surface area (TPSA) is 85.6 Å². The van der Waals surface area contributed by atoms with Crippen LogP contribution in [0.1, 0.15) is 56.6 Å². The van der Waals surface area contributed by atoms with Crippen molar-refractivity contribution in [3.8, 4) is 5.75 Å². The molecule has 4 rings (SSSR count). The molecule has 1 saturated carbocycles. The van der Waals surface area contributed by atoms with E-state index in [9.17, 15) is 14.4 Å². The predicted molar refractivity (Wildman–Crippen MR) is 119 cm³/mol. The third-order valence-corrected chi connectivity index (χ3v) is 6.94. The molecule has 1 N–H and O–H groups in total. The van der Waals surface area contributed by atoms with Crippen LogP contribution in [0, 0.1) is 11.8 Å². The van der Waals surface area contributed by atoms with E-state index in [4.69, 9.17) is 20.8 Å². The van der Waals surface area contributed by atoms with Crippen molar-refractivity contribution in [2.45, 2.75) is 58.3 Å². The van der Waals surface area contributed by atoms with Gasteiger partial charge in [0.2, 0.25) is 0 Å². The molecule has 1 heterocycles. The van der Waals surface area contributed by atoms with Gasteiger partial charge in [-0.05, 0) is 75.8 Å². The quantitative estimate of drug-likeness (QED) is 0.673. The summed E-state index contributed by atoms with van der Waals surface area (Å²) in [6, 6.07) is 3.37. The Kier molecular flexibility index (Phi) is 6.65. The third-order valence-electron chi connectivity index (χ3n) is 6.64. The van der Waals surface area contributed by atoms with Crippen LogP contribution in [0.5, 0.6) is 5.75 Å². The number of Topliss-reactive ketones (excluding diaryl/α,β-unsaturated/α-hetero) is 1. The fourth-order valence-electron chi connectivity index (χ4n) is 4.78. The van der Waals surface area contributed by atoms with Gasteiger partial charge in [0.15, 0.2) is 6.61 Å². The molecule has 0 aliphatic heterocycles. The second-order valence-electron chi connectivity index (χ2n) is 8.75. The lowest BCUT2D eigenvalue weighted by atomic mass is 9.80. The average molecular weight is 446 g/mol. The smallest absolute Gasteiger partial charge is 0.339 e. The highest BCUT2D eigenvalue weighted by atomic mass is 35.5. The molecule has 2 aromatic rings. The maximum absolute atomic E-state index is 12.3. The summed E-state index contributed by atoms with van der Waals surface area (Å²) >= 11 is 6.40. The van der Waals surface area contributed by atoms with E-state index in [-0.39, 0.29) is 29.8 Å². The van der Waals surface area contributed by atoms with Crippen LogP contribution in [-0.4, -0.2) is 24.8 Å². The molecule has 1 fully saturated rings. The number of ether oxygens (including phenoxy) is 1. The number of fused-ring (bicyclic) bond motifs is 3. The maximum Gasteiger partial charge on any atom is 0.339 e. The molecule has 0 atom stereocenters. The number of hydrogen-bond acceptors (Lipinski definition) is 5. The van der Waals surface area contributed by atoms with Crippen LogP contribution >= 0.6 is 11.6 Å². The number of aryl methyl sites for hydroxylation is 1. The first-order valence-electron chi connectivity index (χ1n) is 11.1. The Morgan fingerprint density at radius 2 is 1.84 bits per heavy atom. The van der Waals surface area contributed by atoms with E-state index in [1.807, 2.05) is 0 Å². The molecule has 1 aromatic heterocycles. The molecule has 2 aliphatic rings. The molecule has 0 radical (unpaired) electrons. The maximum atomic E-state index is 12.3. The Hall–Kier alpha value is -2.34. The summed E-state index contributed by atoms with van der Waals surface area (Å²) in [7, 11) is 0. The lowest BCUT2D eigenvalue weighted by Crippen LogP contribution is -2.35. The lowest BCUT2D eigenvalue weighted by Gasteiger charge is -2.27. The third kappa shape index (κ3) is 4.95. The number of hydrogen-bond donors (Lipinski definition) is 1. The number of rotatable bonds is 6. The predicted octanol–water partition coefficient (Wildman–Crippen LogP) is 4.22. The Balaban J connectivity index is 1.35. The van der Waals surface area contributed by atoms with E-state index in [0.717, 1.165) is 67.9 Å². The number of benzene rings is 1. The normalized spacial score (nSPS) is 20.8. The molecule has 31 heavy (non-hydrogen) atoms. The van der Waals surface area contributed by atoms with E-state index in [1.165, 1.54) is 0 Å². The van der Waals surface area contributed by atoms with E-state index in [0.29, 0.717) is 28.8 Å². The van der Waals surface area contributed by atoms with Crippen molar-refractivity contribution < 1.29 is 18.7 Å². The monoisotopic (exact) mass is 445 g/mol. The van der Waals surface area contributed by atoms with Crippen molar-refractivity contribution in [2.24, 2.45) is 11.8 Å². The fourth-order valence-corrected chi connectivity index (χ4v) is 5.00. The zero-order chi connectivity index (χ0) is 22.0. The molecule has 7 heteroatoms. The summed E-state index contributed by atoms with van der Waals surface area (Å²) in [6.07, 6.45) is 7.30. The van der Waals surface area contributed by atoms with Crippen LogP contribution in [0.25, 0.3) is 11.0 Å². The zero-order valence-electron chi connectivity index (χ0n) is 17.8. The SMILES string of the molecule is CC(=O)C1CCC(CNC(=O)COc2cc3oc(=O)c4c(c3cc2Cl)CCCC4)CC1. The van der Waals surface area contributed by atoms with Crippen molar-refractivity contribution in [1.29, 1.82) is 0 Å². The summed E-state index contributed by atoms with van der Waals surface area (Å²) < 4.78 is 11.1. The Morgan fingerprint density at radius 3 is 2.55 bits per heavy atom. The van der Waals surface area contributed by atoms with Gasteiger partial charge < -0.3 is 14.5 Å². The van der Waals surface area contributed by atoms with E-state index >= 15 is 0 Å². The molecule has 2 aliphatic carbocycles. The molecule has 6 nitrogen and oxygen atoms in total. The minimum Gasteiger partial charge on any atom is -0.482 e. The number of ketones is 1. The molecule has 0 saturated heterocycles. The summed E-state index contributed by atoms with van der Waals surface area (Å²) in [4.78, 5) is 36.0. The number of nitrogens with one attached hydrogen (secondary N) is 1. The van der Waals surface area contributed by atoms with E-state index < -0.39 is 0 Å². The van der Waals surface area contributed by atoms with Gasteiger partial charge in [0, 0.05) is 29.5 Å². The number of halogens is 1. The molecule has 1 amide bonds. The standard InChI is InChI=1S/C24H28ClNO5/c1-14(27)16-8-6-15(7-9-16)12-26-23(28)13-30-22-11-21-19(10-20(22)25)17-4-2-3-5-18(17)24(29)31-21/h10-11,15-16H,2-9,12-13H2,1H3,(H,26,28). The second-order valence-corrected chi connectivity index (χ2v) is 9.16. The Labute approximate surface area is 186 Å². The molecule has 1 aromatic carbocycles. The van der Waals surface area contributed by atoms with Crippen molar-refractivity contribution in [2.75, 3.05) is 13.2 Å². The zero-order valence-corrected chi connectivity index (χ0v) is 18.6. The first-order valence-corrected chi connectivity index (χ1v) is 11.5. The van der Waals surface area contributed by atoms with Gasteiger partial charge in [0.1, 0.15) is 17.1 Å². The summed E-state index contributed by atoms with van der Waals surface area (Å²) in [6.45, 7) is 2.07. The van der Waals surface area contributed by atoms with Gasteiger partial charge >= 0.3 is 5.63 Å². The van der Waals surface area contributed by atoms with Crippen molar-refractivity contribution >= 4 is 34.3 Å². The Bertz CT molecular complexity index is 1050. The highest BCUT2D eigenvalue weighted by molar-refractivity contribution is 6.32. The highest BCUT2D eigenvalue weighted by Crippen LogP contribution is 2.34. The summed E-state index contributed by atoms with van der Waals surface area (Å²) in [5.41, 5.74) is 1.91. The van der Waals surface area contributed by atoms with E-state index in [1.54, 1.807) is 19.1 Å². The van der Waals surface area contributed by atoms with E-state index in [2.05, 4.69) is 5.32 Å². The number of amides is 1. The van der Waals surface area contributed by atoms with Crippen molar-refractivity contribution in [1.82, 2.24) is 5.32 Å². The summed E-state index contributed by atoms with van der Waals surface area (Å²) in [5, 5.41) is 4.15. The van der Waals surface area contributed by atoms with Crippen LogP contribution < -0.4 is 15.7 Å². The molecule has 0 spiro atoms. The Morgan fingerprint density at radius 1 is 1.13 bits per heavy atom. The molecule has 0 bridgehead atoms. The van der Waals surface area contributed by atoms with Gasteiger partial charge in [-0.2, -0.15) is 0 Å². The van der Waals surface area contributed by atoms with Gasteiger partial charge in [-0.15, -0.1) is 0 Å². The second kappa shape index (κ2) is 9.43. The first-order chi connectivity index (χ1) is 14.9. The largest absolute Gasteiger partial charge is 0.482 e. The van der Waals surface area contributed by atoms with Gasteiger partial charge in [-0.3, -0.25) is 9.59 Å². The van der Waals surface area contributed by atoms with Crippen LogP contribution in [0.3, 0.4) is 0 Å². The van der Waals surface area contributed by atoms with Crippen LogP contribution in [0.4, 0.5) is 0 Å². The molecular weight excluding hydrogens is 418 g/mol. The number of carbonyl (C=O) groups is 2. The van der Waals surface area contributed by atoms with Crippen molar-refractivity contribution in [3.63, 3.8) is 0 Å². The van der Waals surface area contributed by atoms with Crippen LogP contribution in [-0.2, 0) is 22.4 Å². The fraction of sp³-hybridized carbons (Fsp3) is 0.542. The van der Waals surface area contributed by atoms with Crippen molar-refractivity contribution in [3.05, 3.63) is 38.7 Å². The highest BCUT2D eigenvalue weighted by Gasteiger charge is 2.24. The van der Waals surface area contributed by atoms with Crippen LogP contribution in [0.2, 0.25) is 5.02 Å². The average Bonchev–Trinajstić information content (AvgIpc) is 2.77. The molecular formula is C24H28ClNO5. The van der Waals surface area contributed by atoms with Gasteiger partial charge in [-0.25, -0.2) is 4.79 Å². The minimum absolute atomic E-state index is 0.164. The molecule has 166 valence electrons. The first kappa shape index (κ1) is 21.9. The lowest BCUT2D eigenvalue weighted by molar-refractivity contribution is -0.124. The van der Waals surface area contributed by atoms with Crippen LogP contribution in [0.15, 0.2) is 21.3 Å². The summed E-state index contributed by atoms with van der Waals surface area (Å²) in [5.74, 6) is 0.932. The molecule has 0 unspecified atom stereocenters. The van der Waals surface area contributed by atoms with Gasteiger partial charge in [-0.1, -0.05) is 11.6 Å². The minimum atomic E-state index is -0.298. The van der Waals surface area contributed by atoms with Gasteiger partial charge in [0.05, 0.1) is 5.02 Å². The van der Waals surface area contributed by atoms with Gasteiger partial charge in [0.25, 0.3) is 5.91 Å².